The summed E-state index contributed by atoms with van der Waals surface area (Å²) < 4.78 is 1.83. The average Bonchev–Trinajstić information content (AvgIpc) is 2.91. The zero-order chi connectivity index (χ0) is 19.6. The average molecular weight is 370 g/mol. The number of nitrogens with one attached hydrogen (secondary N) is 1. The van der Waals surface area contributed by atoms with Gasteiger partial charge in [-0.2, -0.15) is 5.10 Å². The number of carboxylic acid groups (broad SMARTS) is 1. The van der Waals surface area contributed by atoms with Gasteiger partial charge in [-0.1, -0.05) is 17.7 Å². The second-order valence-corrected chi connectivity index (χ2v) is 7.25. The number of aromatic nitrogens is 2. The standard InChI is InChI=1S/C20H26N4O3/c1-13-6-8-17(9-7-13)24-15(3)19(14(2)22-24)21-18(25)12-23-10-4-5-16(11-23)20(26)27/h6-9,16H,4-5,10-12H2,1-3H3,(H,21,25)(H,26,27). The molecule has 2 aromatic rings. The number of nitrogens with zero attached hydrogens (tertiary/aromatic N) is 3. The highest BCUT2D eigenvalue weighted by atomic mass is 16.4. The maximum atomic E-state index is 12.5. The van der Waals surface area contributed by atoms with Crippen LogP contribution in [0.15, 0.2) is 24.3 Å². The van der Waals surface area contributed by atoms with Gasteiger partial charge in [-0.15, -0.1) is 0 Å². The number of rotatable bonds is 5. The van der Waals surface area contributed by atoms with E-state index in [-0.39, 0.29) is 18.4 Å². The Labute approximate surface area is 159 Å². The van der Waals surface area contributed by atoms with Crippen molar-refractivity contribution in [3.8, 4) is 5.69 Å². The van der Waals surface area contributed by atoms with E-state index < -0.39 is 5.97 Å². The van der Waals surface area contributed by atoms with Gasteiger partial charge < -0.3 is 10.4 Å². The number of hydrogen-bond acceptors (Lipinski definition) is 4. The number of hydrogen-bond donors (Lipinski definition) is 2. The Morgan fingerprint density at radius 2 is 1.93 bits per heavy atom. The quantitative estimate of drug-likeness (QED) is 0.844. The molecule has 0 spiro atoms. The van der Waals surface area contributed by atoms with Crippen molar-refractivity contribution in [3.05, 3.63) is 41.2 Å². The largest absolute Gasteiger partial charge is 0.481 e. The van der Waals surface area contributed by atoms with Crippen LogP contribution in [0.3, 0.4) is 0 Å². The van der Waals surface area contributed by atoms with Crippen LogP contribution in [0.2, 0.25) is 0 Å². The second-order valence-electron chi connectivity index (χ2n) is 7.25. The van der Waals surface area contributed by atoms with Crippen LogP contribution in [0.1, 0.15) is 29.8 Å². The molecule has 1 saturated heterocycles. The molecule has 1 fully saturated rings. The lowest BCUT2D eigenvalue weighted by atomic mass is 9.98. The number of anilines is 1. The number of aliphatic carboxylic acids is 1. The van der Waals surface area contributed by atoms with E-state index in [0.717, 1.165) is 30.0 Å². The topological polar surface area (TPSA) is 87.5 Å². The molecule has 1 atom stereocenters. The molecule has 1 aromatic heterocycles. The van der Waals surface area contributed by atoms with E-state index >= 15 is 0 Å². The van der Waals surface area contributed by atoms with Gasteiger partial charge in [-0.05, 0) is 52.3 Å². The minimum absolute atomic E-state index is 0.143. The van der Waals surface area contributed by atoms with E-state index in [4.69, 9.17) is 0 Å². The van der Waals surface area contributed by atoms with E-state index in [0.29, 0.717) is 18.7 Å². The number of amides is 1. The van der Waals surface area contributed by atoms with Gasteiger partial charge in [0.05, 0.1) is 35.2 Å². The van der Waals surface area contributed by atoms with Crippen LogP contribution >= 0.6 is 0 Å². The smallest absolute Gasteiger partial charge is 0.307 e. The molecule has 0 aliphatic carbocycles. The van der Waals surface area contributed by atoms with Crippen LogP contribution < -0.4 is 5.32 Å². The minimum atomic E-state index is -0.786. The maximum absolute atomic E-state index is 12.5. The fourth-order valence-electron chi connectivity index (χ4n) is 3.54. The second kappa shape index (κ2) is 7.92. The molecule has 27 heavy (non-hydrogen) atoms. The third-order valence-corrected chi connectivity index (χ3v) is 5.06. The van der Waals surface area contributed by atoms with Gasteiger partial charge in [0.15, 0.2) is 0 Å². The summed E-state index contributed by atoms with van der Waals surface area (Å²) in [6, 6.07) is 8.05. The van der Waals surface area contributed by atoms with E-state index in [2.05, 4.69) is 10.4 Å². The Balaban J connectivity index is 1.69. The molecule has 144 valence electrons. The van der Waals surface area contributed by atoms with Gasteiger partial charge >= 0.3 is 5.97 Å². The number of benzene rings is 1. The Hall–Kier alpha value is -2.67. The van der Waals surface area contributed by atoms with E-state index in [1.165, 1.54) is 5.56 Å². The Bertz CT molecular complexity index is 842. The van der Waals surface area contributed by atoms with E-state index in [9.17, 15) is 14.7 Å². The molecule has 1 aliphatic rings. The summed E-state index contributed by atoms with van der Waals surface area (Å²) in [4.78, 5) is 25.6. The van der Waals surface area contributed by atoms with Crippen LogP contribution in [0.4, 0.5) is 5.69 Å². The monoisotopic (exact) mass is 370 g/mol. The number of piperidine rings is 1. The first-order valence-electron chi connectivity index (χ1n) is 9.23. The molecule has 2 N–H and O–H groups in total. The molecule has 0 radical (unpaired) electrons. The predicted molar refractivity (Wildman–Crippen MR) is 103 cm³/mol. The number of carbonyl (C=O) groups excluding carboxylic acids is 1. The van der Waals surface area contributed by atoms with Gasteiger partial charge in [-0.25, -0.2) is 4.68 Å². The lowest BCUT2D eigenvalue weighted by Crippen LogP contribution is -2.42. The third kappa shape index (κ3) is 4.36. The van der Waals surface area contributed by atoms with Crippen molar-refractivity contribution in [3.63, 3.8) is 0 Å². The molecular formula is C20H26N4O3. The third-order valence-electron chi connectivity index (χ3n) is 5.06. The lowest BCUT2D eigenvalue weighted by molar-refractivity contribution is -0.144. The number of likely N-dealkylation sites (tertiary alicyclic amines) is 1. The Morgan fingerprint density at radius 1 is 1.22 bits per heavy atom. The first-order valence-corrected chi connectivity index (χ1v) is 9.23. The van der Waals surface area contributed by atoms with Crippen LogP contribution in [-0.4, -0.2) is 51.3 Å². The van der Waals surface area contributed by atoms with Crippen molar-refractivity contribution in [2.75, 3.05) is 25.0 Å². The highest BCUT2D eigenvalue weighted by Crippen LogP contribution is 2.23. The summed E-state index contributed by atoms with van der Waals surface area (Å²) in [5, 5.41) is 16.7. The molecule has 7 heteroatoms. The molecule has 2 heterocycles. The highest BCUT2D eigenvalue weighted by molar-refractivity contribution is 5.93. The maximum Gasteiger partial charge on any atom is 0.307 e. The summed E-state index contributed by atoms with van der Waals surface area (Å²) in [5.41, 5.74) is 4.46. The zero-order valence-corrected chi connectivity index (χ0v) is 16.0. The summed E-state index contributed by atoms with van der Waals surface area (Å²) >= 11 is 0. The molecular weight excluding hydrogens is 344 g/mol. The minimum Gasteiger partial charge on any atom is -0.481 e. The molecule has 1 aliphatic heterocycles. The Morgan fingerprint density at radius 3 is 2.59 bits per heavy atom. The summed E-state index contributed by atoms with van der Waals surface area (Å²) in [6.45, 7) is 7.19. The van der Waals surface area contributed by atoms with Crippen molar-refractivity contribution >= 4 is 17.6 Å². The fraction of sp³-hybridized carbons (Fsp3) is 0.450. The fourth-order valence-corrected chi connectivity index (χ4v) is 3.54. The molecule has 3 rings (SSSR count). The first-order chi connectivity index (χ1) is 12.8. The SMILES string of the molecule is Cc1ccc(-n2nc(C)c(NC(=O)CN3CCCC(C(=O)O)C3)c2C)cc1. The van der Waals surface area contributed by atoms with Gasteiger partial charge in [-0.3, -0.25) is 14.5 Å². The van der Waals surface area contributed by atoms with Crippen molar-refractivity contribution in [1.29, 1.82) is 0 Å². The first kappa shape index (κ1) is 19.1. The number of carboxylic acids is 1. The van der Waals surface area contributed by atoms with Gasteiger partial charge in [0, 0.05) is 6.54 Å². The van der Waals surface area contributed by atoms with Crippen LogP contribution in [0, 0.1) is 26.7 Å². The number of carbonyl (C=O) groups is 2. The molecule has 1 amide bonds. The van der Waals surface area contributed by atoms with Gasteiger partial charge in [0.2, 0.25) is 5.91 Å². The summed E-state index contributed by atoms with van der Waals surface area (Å²) in [7, 11) is 0. The van der Waals surface area contributed by atoms with Crippen molar-refractivity contribution in [2.24, 2.45) is 5.92 Å². The van der Waals surface area contributed by atoms with Crippen molar-refractivity contribution < 1.29 is 14.7 Å². The van der Waals surface area contributed by atoms with E-state index in [1.54, 1.807) is 0 Å². The lowest BCUT2D eigenvalue weighted by Gasteiger charge is -2.29. The molecule has 0 saturated carbocycles. The normalized spacial score (nSPS) is 17.7. The van der Waals surface area contributed by atoms with Gasteiger partial charge in [0.25, 0.3) is 0 Å². The molecule has 1 aromatic carbocycles. The van der Waals surface area contributed by atoms with Crippen molar-refractivity contribution in [1.82, 2.24) is 14.7 Å². The molecule has 7 nitrogen and oxygen atoms in total. The van der Waals surface area contributed by atoms with Crippen molar-refractivity contribution in [2.45, 2.75) is 33.6 Å². The number of aryl methyl sites for hydroxylation is 2. The van der Waals surface area contributed by atoms with Gasteiger partial charge in [0.1, 0.15) is 0 Å². The highest BCUT2D eigenvalue weighted by Gasteiger charge is 2.26. The van der Waals surface area contributed by atoms with E-state index in [1.807, 2.05) is 54.6 Å². The summed E-state index contributed by atoms with van der Waals surface area (Å²) in [6.07, 6.45) is 1.47. The predicted octanol–water partition coefficient (Wildman–Crippen LogP) is 2.53. The summed E-state index contributed by atoms with van der Waals surface area (Å²) in [5.74, 6) is -1.32. The van der Waals surface area contributed by atoms with Crippen LogP contribution in [0.25, 0.3) is 5.69 Å². The zero-order valence-electron chi connectivity index (χ0n) is 16.0. The van der Waals surface area contributed by atoms with Crippen LogP contribution in [-0.2, 0) is 9.59 Å². The Kier molecular flexibility index (Phi) is 5.60. The van der Waals surface area contributed by atoms with Crippen LogP contribution in [0.5, 0.6) is 0 Å². The molecule has 0 bridgehead atoms. The molecule has 1 unspecified atom stereocenters.